The summed E-state index contributed by atoms with van der Waals surface area (Å²) >= 11 is 0. The van der Waals surface area contributed by atoms with Gasteiger partial charge in [-0.05, 0) is 30.7 Å². The highest BCUT2D eigenvalue weighted by atomic mass is 16.1. The summed E-state index contributed by atoms with van der Waals surface area (Å²) in [4.78, 5) is 11.7. The van der Waals surface area contributed by atoms with Gasteiger partial charge in [0.1, 0.15) is 0 Å². The summed E-state index contributed by atoms with van der Waals surface area (Å²) in [6, 6.07) is 24.9. The van der Waals surface area contributed by atoms with Gasteiger partial charge in [0, 0.05) is 39.8 Å². The van der Waals surface area contributed by atoms with Crippen molar-refractivity contribution in [2.75, 3.05) is 0 Å². The van der Waals surface area contributed by atoms with Crippen molar-refractivity contribution in [3.63, 3.8) is 0 Å². The van der Waals surface area contributed by atoms with Gasteiger partial charge < -0.3 is 4.57 Å². The van der Waals surface area contributed by atoms with Crippen molar-refractivity contribution in [1.82, 2.24) is 4.57 Å². The lowest BCUT2D eigenvalue weighted by Gasteiger charge is -2.17. The Balaban J connectivity index is 1.83. The number of carbonyl (C=O) groups is 1. The summed E-state index contributed by atoms with van der Waals surface area (Å²) < 4.78 is 2.36. The zero-order valence-corrected chi connectivity index (χ0v) is 14.9. The Hall–Kier alpha value is -3.13. The minimum atomic E-state index is 0.0894. The molecule has 0 saturated heterocycles. The smallest absolute Gasteiger partial charge is 0.159 e. The van der Waals surface area contributed by atoms with E-state index in [0.717, 1.165) is 17.7 Å². The molecule has 4 aromatic rings. The van der Waals surface area contributed by atoms with E-state index in [4.69, 9.17) is 0 Å². The third-order valence-corrected chi connectivity index (χ3v) is 5.06. The van der Waals surface area contributed by atoms with Crippen molar-refractivity contribution in [3.05, 3.63) is 96.6 Å². The molecule has 2 heteroatoms. The van der Waals surface area contributed by atoms with Crippen LogP contribution >= 0.6 is 0 Å². The van der Waals surface area contributed by atoms with Crippen LogP contribution in [0.15, 0.2) is 85.5 Å². The quantitative estimate of drug-likeness (QED) is 0.324. The molecule has 1 aromatic heterocycles. The van der Waals surface area contributed by atoms with Gasteiger partial charge in [-0.15, -0.1) is 6.58 Å². The zero-order valence-electron chi connectivity index (χ0n) is 14.9. The van der Waals surface area contributed by atoms with Gasteiger partial charge in [-0.1, -0.05) is 60.7 Å². The summed E-state index contributed by atoms with van der Waals surface area (Å²) in [6.07, 6.45) is 1.97. The first-order valence-electron chi connectivity index (χ1n) is 8.88. The second kappa shape index (κ2) is 6.64. The third kappa shape index (κ3) is 2.74. The lowest BCUT2D eigenvalue weighted by atomic mass is 9.96. The fraction of sp³-hybridized carbons (Fsp3) is 0.125. The molecule has 0 aliphatic carbocycles. The number of aromatic nitrogens is 1. The van der Waals surface area contributed by atoms with E-state index in [1.54, 1.807) is 6.92 Å². The number of para-hydroxylation sites is 2. The highest BCUT2D eigenvalue weighted by Gasteiger charge is 2.15. The first-order chi connectivity index (χ1) is 12.7. The molecule has 4 rings (SSSR count). The van der Waals surface area contributed by atoms with Crippen molar-refractivity contribution in [2.45, 2.75) is 19.4 Å². The lowest BCUT2D eigenvalue weighted by Crippen LogP contribution is -2.08. The Morgan fingerprint density at radius 3 is 2.15 bits per heavy atom. The number of carbonyl (C=O) groups excluding carboxylic acids is 1. The molecule has 0 unspecified atom stereocenters. The van der Waals surface area contributed by atoms with Crippen LogP contribution in [0.3, 0.4) is 0 Å². The van der Waals surface area contributed by atoms with Crippen LogP contribution in [0.4, 0.5) is 0 Å². The van der Waals surface area contributed by atoms with Crippen molar-refractivity contribution in [3.8, 4) is 0 Å². The average molecular weight is 339 g/mol. The molecule has 0 radical (unpaired) electrons. The normalized spacial score (nSPS) is 12.3. The highest BCUT2D eigenvalue weighted by Crippen LogP contribution is 2.31. The van der Waals surface area contributed by atoms with Gasteiger partial charge in [0.25, 0.3) is 0 Å². The Morgan fingerprint density at radius 2 is 1.58 bits per heavy atom. The molecule has 1 atom stereocenters. The van der Waals surface area contributed by atoms with Crippen LogP contribution in [0.5, 0.6) is 0 Å². The summed E-state index contributed by atoms with van der Waals surface area (Å²) in [6.45, 7) is 6.45. The number of allylic oxidation sites excluding steroid dienone is 1. The second-order valence-electron chi connectivity index (χ2n) is 6.67. The molecule has 0 fully saturated rings. The second-order valence-corrected chi connectivity index (χ2v) is 6.67. The molecule has 0 aliphatic rings. The molecule has 0 bridgehead atoms. The third-order valence-electron chi connectivity index (χ3n) is 5.06. The van der Waals surface area contributed by atoms with Gasteiger partial charge in [0.15, 0.2) is 5.78 Å². The molecule has 0 amide bonds. The minimum Gasteiger partial charge on any atom is -0.340 e. The van der Waals surface area contributed by atoms with E-state index in [0.29, 0.717) is 0 Å². The van der Waals surface area contributed by atoms with Crippen LogP contribution in [-0.4, -0.2) is 10.4 Å². The lowest BCUT2D eigenvalue weighted by molar-refractivity contribution is 0.101. The fourth-order valence-corrected chi connectivity index (χ4v) is 3.70. The Morgan fingerprint density at radius 1 is 0.962 bits per heavy atom. The number of rotatable bonds is 5. The first-order valence-corrected chi connectivity index (χ1v) is 8.88. The van der Waals surface area contributed by atoms with Gasteiger partial charge >= 0.3 is 0 Å². The molecule has 0 aliphatic heterocycles. The number of hydrogen-bond donors (Lipinski definition) is 0. The summed E-state index contributed by atoms with van der Waals surface area (Å²) in [7, 11) is 0. The molecule has 3 aromatic carbocycles. The van der Waals surface area contributed by atoms with E-state index in [1.807, 2.05) is 24.3 Å². The standard InChI is InChI=1S/C24H21NO/c1-3-18(20-10-8-9-19(15-20)17(2)26)16-25-23-13-6-4-11-21(23)22-12-5-7-14-24(22)25/h3-15,18H,1,16H2,2H3/t18-/m1/s1. The summed E-state index contributed by atoms with van der Waals surface area (Å²) in [5.74, 6) is 0.222. The van der Waals surface area contributed by atoms with Gasteiger partial charge in [0.2, 0.25) is 0 Å². The highest BCUT2D eigenvalue weighted by molar-refractivity contribution is 6.08. The van der Waals surface area contributed by atoms with Crippen molar-refractivity contribution < 1.29 is 4.79 Å². The van der Waals surface area contributed by atoms with Crippen molar-refractivity contribution in [2.24, 2.45) is 0 Å². The largest absolute Gasteiger partial charge is 0.340 e. The van der Waals surface area contributed by atoms with E-state index in [9.17, 15) is 4.79 Å². The number of benzene rings is 3. The molecule has 128 valence electrons. The first kappa shape index (κ1) is 16.3. The molecule has 0 saturated carbocycles. The minimum absolute atomic E-state index is 0.0894. The van der Waals surface area contributed by atoms with Gasteiger partial charge in [0.05, 0.1) is 0 Å². The van der Waals surface area contributed by atoms with Crippen LogP contribution in [0.25, 0.3) is 21.8 Å². The van der Waals surface area contributed by atoms with Gasteiger partial charge in [-0.25, -0.2) is 0 Å². The molecule has 1 heterocycles. The maximum atomic E-state index is 11.7. The number of hydrogen-bond acceptors (Lipinski definition) is 1. The summed E-state index contributed by atoms with van der Waals surface area (Å²) in [5.41, 5.74) is 4.32. The molecule has 0 spiro atoms. The Kier molecular flexibility index (Phi) is 4.18. The monoisotopic (exact) mass is 339 g/mol. The predicted molar refractivity (Wildman–Crippen MR) is 109 cm³/mol. The molecular weight excluding hydrogens is 318 g/mol. The van der Waals surface area contributed by atoms with E-state index in [2.05, 4.69) is 65.7 Å². The molecule has 26 heavy (non-hydrogen) atoms. The van der Waals surface area contributed by atoms with Crippen LogP contribution in [0.2, 0.25) is 0 Å². The summed E-state index contributed by atoms with van der Waals surface area (Å²) in [5, 5.41) is 2.53. The number of ketones is 1. The Bertz CT molecular complexity index is 1070. The molecule has 2 nitrogen and oxygen atoms in total. The fourth-order valence-electron chi connectivity index (χ4n) is 3.70. The van der Waals surface area contributed by atoms with E-state index < -0.39 is 0 Å². The van der Waals surface area contributed by atoms with Gasteiger partial charge in [-0.2, -0.15) is 0 Å². The van der Waals surface area contributed by atoms with E-state index in [1.165, 1.54) is 21.8 Å². The van der Waals surface area contributed by atoms with E-state index in [-0.39, 0.29) is 11.7 Å². The van der Waals surface area contributed by atoms with Crippen LogP contribution in [-0.2, 0) is 6.54 Å². The van der Waals surface area contributed by atoms with Crippen LogP contribution in [0.1, 0.15) is 28.8 Å². The van der Waals surface area contributed by atoms with Gasteiger partial charge in [-0.3, -0.25) is 4.79 Å². The van der Waals surface area contributed by atoms with Crippen LogP contribution < -0.4 is 0 Å². The predicted octanol–water partition coefficient (Wildman–Crippen LogP) is 5.97. The topological polar surface area (TPSA) is 22.0 Å². The molecule has 0 N–H and O–H groups in total. The van der Waals surface area contributed by atoms with E-state index >= 15 is 0 Å². The number of nitrogens with zero attached hydrogens (tertiary/aromatic N) is 1. The Labute approximate surface area is 153 Å². The molecular formula is C24H21NO. The van der Waals surface area contributed by atoms with Crippen LogP contribution in [0, 0.1) is 0 Å². The number of Topliss-reactive ketones (excluding diaryl/α,β-unsaturated/α-hetero) is 1. The number of fused-ring (bicyclic) bond motifs is 3. The maximum Gasteiger partial charge on any atom is 0.159 e. The van der Waals surface area contributed by atoms with Crippen molar-refractivity contribution in [1.29, 1.82) is 0 Å². The van der Waals surface area contributed by atoms with Crippen molar-refractivity contribution >= 4 is 27.6 Å². The maximum absolute atomic E-state index is 11.7. The average Bonchev–Trinajstić information content (AvgIpc) is 3.00. The zero-order chi connectivity index (χ0) is 18.1. The SMILES string of the molecule is C=C[C@H](Cn1c2ccccc2c2ccccc21)c1cccc(C(C)=O)c1.